The molecule has 9 nitrogen and oxygen atoms in total. The van der Waals surface area contributed by atoms with Crippen LogP contribution in [0.25, 0.3) is 0 Å². The van der Waals surface area contributed by atoms with Crippen LogP contribution in [0.3, 0.4) is 0 Å². The molecule has 4 aromatic rings. The summed E-state index contributed by atoms with van der Waals surface area (Å²) in [5, 5.41) is 10.3. The Bertz CT molecular complexity index is 1570. The summed E-state index contributed by atoms with van der Waals surface area (Å²) in [7, 11) is 0. The number of benzene rings is 4. The first kappa shape index (κ1) is 30.5. The molecule has 1 aliphatic rings. The van der Waals surface area contributed by atoms with Crippen molar-refractivity contribution in [2.45, 2.75) is 29.0 Å². The molecule has 1 fully saturated rings. The van der Waals surface area contributed by atoms with Gasteiger partial charge in [-0.2, -0.15) is 0 Å². The van der Waals surface area contributed by atoms with E-state index in [2.05, 4.69) is 0 Å². The van der Waals surface area contributed by atoms with E-state index in [0.717, 1.165) is 11.8 Å². The average molecular weight is 613 g/mol. The summed E-state index contributed by atoms with van der Waals surface area (Å²) in [5.41, 5.74) is -0.533. The second-order valence-electron chi connectivity index (χ2n) is 9.74. The Morgan fingerprint density at radius 3 is 1.25 bits per heavy atom. The molecule has 1 N–H and O–H groups in total. The van der Waals surface area contributed by atoms with Gasteiger partial charge in [-0.1, -0.05) is 72.8 Å². The van der Waals surface area contributed by atoms with E-state index in [1.165, 1.54) is 24.3 Å². The van der Waals surface area contributed by atoms with E-state index in [9.17, 15) is 24.3 Å². The van der Waals surface area contributed by atoms with E-state index in [4.69, 9.17) is 18.9 Å². The standard InChI is InChI=1S/C34H28O9S/c35-30(22-13-5-1-6-14-22)40-21-26-27(41-31(36)23-15-7-2-8-16-23)28(42-32(37)24-17-9-3-10-18-24)29(34(39)44-26)43-33(38)25-19-11-4-12-20-25/h1-20,26-29,34,39H,21H2/t26-,27-,28+,29-,34-/m1/s1. The fraction of sp³-hybridized carbons (Fsp3) is 0.176. The maximum Gasteiger partial charge on any atom is 0.338 e. The van der Waals surface area contributed by atoms with Gasteiger partial charge >= 0.3 is 23.9 Å². The van der Waals surface area contributed by atoms with Crippen molar-refractivity contribution in [1.82, 2.24) is 0 Å². The molecule has 0 radical (unpaired) electrons. The van der Waals surface area contributed by atoms with Gasteiger partial charge in [-0.05, 0) is 48.5 Å². The molecular weight excluding hydrogens is 584 g/mol. The smallest absolute Gasteiger partial charge is 0.338 e. The number of carbonyl (C=O) groups excluding carboxylic acids is 4. The second kappa shape index (κ2) is 14.5. The minimum Gasteiger partial charge on any atom is -0.461 e. The van der Waals surface area contributed by atoms with Gasteiger partial charge in [0.25, 0.3) is 0 Å². The molecule has 1 saturated heterocycles. The lowest BCUT2D eigenvalue weighted by molar-refractivity contribution is -0.114. The summed E-state index contributed by atoms with van der Waals surface area (Å²) < 4.78 is 23.0. The summed E-state index contributed by atoms with van der Waals surface area (Å²) in [4.78, 5) is 52.5. The summed E-state index contributed by atoms with van der Waals surface area (Å²) in [5.74, 6) is -2.96. The molecule has 224 valence electrons. The van der Waals surface area contributed by atoms with Crippen molar-refractivity contribution in [3.63, 3.8) is 0 Å². The molecule has 0 saturated carbocycles. The van der Waals surface area contributed by atoms with Gasteiger partial charge in [0.2, 0.25) is 0 Å². The first-order valence-corrected chi connectivity index (χ1v) is 14.7. The van der Waals surface area contributed by atoms with Crippen molar-refractivity contribution in [3.8, 4) is 0 Å². The van der Waals surface area contributed by atoms with Crippen LogP contribution in [0.1, 0.15) is 41.4 Å². The molecule has 0 spiro atoms. The van der Waals surface area contributed by atoms with Crippen LogP contribution in [0, 0.1) is 0 Å². The van der Waals surface area contributed by atoms with Crippen molar-refractivity contribution >= 4 is 35.6 Å². The van der Waals surface area contributed by atoms with Crippen molar-refractivity contribution in [2.24, 2.45) is 0 Å². The molecule has 0 aliphatic carbocycles. The molecule has 1 aliphatic heterocycles. The lowest BCUT2D eigenvalue weighted by atomic mass is 10.0. The molecular formula is C34H28O9S. The quantitative estimate of drug-likeness (QED) is 0.205. The molecule has 5 rings (SSSR count). The third-order valence-corrected chi connectivity index (χ3v) is 8.06. The highest BCUT2D eigenvalue weighted by atomic mass is 32.2. The van der Waals surface area contributed by atoms with E-state index in [0.29, 0.717) is 5.56 Å². The van der Waals surface area contributed by atoms with Crippen molar-refractivity contribution in [3.05, 3.63) is 144 Å². The maximum atomic E-state index is 13.3. The second-order valence-corrected chi connectivity index (χ2v) is 11.1. The minimum absolute atomic E-state index is 0.188. The first-order chi connectivity index (χ1) is 21.4. The van der Waals surface area contributed by atoms with Gasteiger partial charge in [-0.25, -0.2) is 19.2 Å². The third kappa shape index (κ3) is 7.52. The summed E-state index contributed by atoms with van der Waals surface area (Å²) >= 11 is 0.873. The minimum atomic E-state index is -1.47. The number of ether oxygens (including phenoxy) is 4. The molecule has 0 unspecified atom stereocenters. The summed E-state index contributed by atoms with van der Waals surface area (Å²) in [6.45, 7) is -0.319. The van der Waals surface area contributed by atoms with Gasteiger partial charge in [0, 0.05) is 0 Å². The zero-order valence-corrected chi connectivity index (χ0v) is 24.1. The van der Waals surface area contributed by atoms with Gasteiger partial charge in [-0.15, -0.1) is 11.8 Å². The number of esters is 4. The number of aliphatic hydroxyl groups is 1. The SMILES string of the molecule is O=C(OC[C@H]1S[C@@H](O)[C@H](OC(=O)c2ccccc2)[C@@H](OC(=O)c2ccccc2)[C@@H]1OC(=O)c1ccccc1)c1ccccc1. The van der Waals surface area contributed by atoms with E-state index >= 15 is 0 Å². The van der Waals surface area contributed by atoms with E-state index in [-0.39, 0.29) is 23.3 Å². The van der Waals surface area contributed by atoms with E-state index < -0.39 is 52.9 Å². The van der Waals surface area contributed by atoms with Crippen LogP contribution in [-0.2, 0) is 18.9 Å². The Hall–Kier alpha value is -4.93. The Labute approximate surface area is 257 Å². The molecule has 0 aromatic heterocycles. The van der Waals surface area contributed by atoms with Crippen LogP contribution >= 0.6 is 11.8 Å². The average Bonchev–Trinajstić information content (AvgIpc) is 3.07. The predicted molar refractivity (Wildman–Crippen MR) is 161 cm³/mol. The zero-order valence-electron chi connectivity index (χ0n) is 23.3. The van der Waals surface area contributed by atoms with Crippen molar-refractivity contribution in [1.29, 1.82) is 0 Å². The van der Waals surface area contributed by atoms with E-state index in [1.807, 2.05) is 0 Å². The number of thioether (sulfide) groups is 1. The molecule has 0 bridgehead atoms. The summed E-state index contributed by atoms with van der Waals surface area (Å²) in [6, 6.07) is 32.6. The molecule has 4 aromatic carbocycles. The number of hydrogen-bond donors (Lipinski definition) is 1. The predicted octanol–water partition coefficient (Wildman–Crippen LogP) is 4.95. The van der Waals surface area contributed by atoms with Crippen LogP contribution in [0.2, 0.25) is 0 Å². The monoisotopic (exact) mass is 612 g/mol. The Balaban J connectivity index is 1.48. The highest BCUT2D eigenvalue weighted by Gasteiger charge is 2.52. The van der Waals surface area contributed by atoms with Gasteiger partial charge in [0.05, 0.1) is 27.5 Å². The highest BCUT2D eigenvalue weighted by Crippen LogP contribution is 2.38. The highest BCUT2D eigenvalue weighted by molar-refractivity contribution is 8.00. The maximum absolute atomic E-state index is 13.3. The number of carbonyl (C=O) groups is 4. The fourth-order valence-electron chi connectivity index (χ4n) is 4.54. The van der Waals surface area contributed by atoms with Gasteiger partial charge in [0.1, 0.15) is 12.0 Å². The fourth-order valence-corrected chi connectivity index (χ4v) is 5.78. The molecule has 44 heavy (non-hydrogen) atoms. The number of rotatable bonds is 9. The molecule has 10 heteroatoms. The van der Waals surface area contributed by atoms with Crippen LogP contribution in [0.4, 0.5) is 0 Å². The Kier molecular flexibility index (Phi) is 10.1. The van der Waals surface area contributed by atoms with Crippen LogP contribution in [-0.4, -0.2) is 64.6 Å². The largest absolute Gasteiger partial charge is 0.461 e. The van der Waals surface area contributed by atoms with Crippen molar-refractivity contribution in [2.75, 3.05) is 6.61 Å². The lowest BCUT2D eigenvalue weighted by Crippen LogP contribution is -2.59. The number of aliphatic hydroxyl groups excluding tert-OH is 1. The van der Waals surface area contributed by atoms with Crippen LogP contribution in [0.15, 0.2) is 121 Å². The van der Waals surface area contributed by atoms with E-state index in [1.54, 1.807) is 97.1 Å². The van der Waals surface area contributed by atoms with Crippen LogP contribution in [0.5, 0.6) is 0 Å². The van der Waals surface area contributed by atoms with Gasteiger partial charge in [0.15, 0.2) is 18.3 Å². The Morgan fingerprint density at radius 2 is 0.841 bits per heavy atom. The Morgan fingerprint density at radius 1 is 0.500 bits per heavy atom. The molecule has 0 amide bonds. The molecule has 1 heterocycles. The zero-order chi connectivity index (χ0) is 30.9. The topological polar surface area (TPSA) is 125 Å². The van der Waals surface area contributed by atoms with Crippen molar-refractivity contribution < 1.29 is 43.2 Å². The number of hydrogen-bond acceptors (Lipinski definition) is 10. The lowest BCUT2D eigenvalue weighted by Gasteiger charge is -2.42. The molecule has 5 atom stereocenters. The van der Waals surface area contributed by atoms with Gasteiger partial charge in [-0.3, -0.25) is 0 Å². The van der Waals surface area contributed by atoms with Gasteiger partial charge < -0.3 is 24.1 Å². The van der Waals surface area contributed by atoms with Crippen LogP contribution < -0.4 is 0 Å². The third-order valence-electron chi connectivity index (χ3n) is 6.76. The summed E-state index contributed by atoms with van der Waals surface area (Å²) in [6.07, 6.45) is -4.23. The normalized spacial score (nSPS) is 21.0. The first-order valence-electron chi connectivity index (χ1n) is 13.7.